The van der Waals surface area contributed by atoms with Crippen LogP contribution in [0.25, 0.3) is 11.1 Å². The quantitative estimate of drug-likeness (QED) is 0.342. The molecule has 2 atom stereocenters. The molecule has 6 rings (SSSR count). The second kappa shape index (κ2) is 11.3. The van der Waals surface area contributed by atoms with E-state index in [0.29, 0.717) is 17.1 Å². The maximum atomic E-state index is 12.2. The SMILES string of the molecule is COc1c(Nc2cc(NC(=O)C3CC3)nnc2C(N)=O)cccc1-c1cnn(C2CCC23CCCO3)c1.[Cs]. The van der Waals surface area contributed by atoms with E-state index < -0.39 is 5.91 Å². The van der Waals surface area contributed by atoms with Crippen molar-refractivity contribution in [2.45, 2.75) is 50.2 Å². The summed E-state index contributed by atoms with van der Waals surface area (Å²) in [5.74, 6) is -0.0423. The summed E-state index contributed by atoms with van der Waals surface area (Å²) in [4.78, 5) is 24.2. The van der Waals surface area contributed by atoms with Crippen LogP contribution in [0, 0.1) is 5.92 Å². The van der Waals surface area contributed by atoms with Crippen molar-refractivity contribution >= 4 is 97.9 Å². The number of benzene rings is 1. The molecule has 3 aromatic rings. The fourth-order valence-corrected chi connectivity index (χ4v) is 5.33. The van der Waals surface area contributed by atoms with Crippen LogP contribution in [0.3, 0.4) is 0 Å². The first-order valence-corrected chi connectivity index (χ1v) is 12.6. The average molecular weight is 636 g/mol. The average Bonchev–Trinajstić information content (AvgIpc) is 3.40. The number of primary amides is 1. The van der Waals surface area contributed by atoms with Crippen molar-refractivity contribution in [2.75, 3.05) is 24.4 Å². The molecular weight excluding hydrogens is 607 g/mol. The van der Waals surface area contributed by atoms with Gasteiger partial charge in [0.25, 0.3) is 5.91 Å². The van der Waals surface area contributed by atoms with E-state index in [1.54, 1.807) is 13.2 Å². The number of rotatable bonds is 8. The van der Waals surface area contributed by atoms with E-state index in [4.69, 9.17) is 15.2 Å². The predicted molar refractivity (Wildman–Crippen MR) is 141 cm³/mol. The van der Waals surface area contributed by atoms with Gasteiger partial charge in [-0.15, -0.1) is 10.2 Å². The Labute approximate surface area is 279 Å². The van der Waals surface area contributed by atoms with Crippen molar-refractivity contribution in [1.29, 1.82) is 0 Å². The van der Waals surface area contributed by atoms with E-state index in [0.717, 1.165) is 56.3 Å². The van der Waals surface area contributed by atoms with Crippen LogP contribution in [-0.2, 0) is 9.53 Å². The van der Waals surface area contributed by atoms with Crippen LogP contribution in [-0.4, -0.2) is 120 Å². The van der Waals surface area contributed by atoms with Gasteiger partial charge in [-0.2, -0.15) is 5.10 Å². The van der Waals surface area contributed by atoms with Crippen LogP contribution in [0.15, 0.2) is 36.7 Å². The van der Waals surface area contributed by atoms with Crippen LogP contribution in [0.1, 0.15) is 55.1 Å². The molecule has 1 spiro atoms. The van der Waals surface area contributed by atoms with E-state index in [9.17, 15) is 9.59 Å². The normalized spacial score (nSPS) is 21.9. The number of carbonyl (C=O) groups is 2. The Hall–Kier alpha value is -1.94. The number of nitrogens with one attached hydrogen (secondary N) is 2. The van der Waals surface area contributed by atoms with Gasteiger partial charge in [-0.25, -0.2) is 0 Å². The molecule has 1 saturated heterocycles. The summed E-state index contributed by atoms with van der Waals surface area (Å²) in [6, 6.07) is 7.45. The third-order valence-corrected chi connectivity index (χ3v) is 7.53. The third kappa shape index (κ3) is 5.27. The van der Waals surface area contributed by atoms with Crippen LogP contribution < -0.4 is 21.1 Å². The summed E-state index contributed by atoms with van der Waals surface area (Å²) in [6.45, 7) is 0.815. The summed E-state index contributed by atoms with van der Waals surface area (Å²) in [7, 11) is 1.59. The largest absolute Gasteiger partial charge is 0.494 e. The van der Waals surface area contributed by atoms with Gasteiger partial charge in [0, 0.05) is 105 Å². The summed E-state index contributed by atoms with van der Waals surface area (Å²) < 4.78 is 13.9. The molecule has 1 aliphatic heterocycles. The monoisotopic (exact) mass is 636 g/mol. The second-order valence-corrected chi connectivity index (χ2v) is 9.91. The van der Waals surface area contributed by atoms with Crippen molar-refractivity contribution in [3.63, 3.8) is 0 Å². The summed E-state index contributed by atoms with van der Waals surface area (Å²) in [5.41, 5.74) is 8.08. The van der Waals surface area contributed by atoms with Gasteiger partial charge >= 0.3 is 0 Å². The Morgan fingerprint density at radius 3 is 2.68 bits per heavy atom. The Bertz CT molecular complexity index is 1370. The summed E-state index contributed by atoms with van der Waals surface area (Å²) >= 11 is 0. The molecule has 11 nitrogen and oxygen atoms in total. The minimum absolute atomic E-state index is 0. The molecular formula is C26H29CsN7O4. The van der Waals surface area contributed by atoms with E-state index in [2.05, 4.69) is 25.9 Å². The zero-order valence-corrected chi connectivity index (χ0v) is 27.8. The van der Waals surface area contributed by atoms with Crippen LogP contribution in [0.2, 0.25) is 0 Å². The molecule has 2 unspecified atom stereocenters. The van der Waals surface area contributed by atoms with Gasteiger partial charge in [-0.05, 0) is 44.6 Å². The molecule has 2 amide bonds. The summed E-state index contributed by atoms with van der Waals surface area (Å²) in [6.07, 6.45) is 9.86. The minimum atomic E-state index is -0.741. The van der Waals surface area contributed by atoms with Crippen LogP contribution in [0.4, 0.5) is 17.2 Å². The first-order valence-electron chi connectivity index (χ1n) is 12.6. The molecule has 3 fully saturated rings. The fourth-order valence-electron chi connectivity index (χ4n) is 5.33. The van der Waals surface area contributed by atoms with Crippen molar-refractivity contribution in [3.05, 3.63) is 42.4 Å². The first-order chi connectivity index (χ1) is 18.0. The predicted octanol–water partition coefficient (Wildman–Crippen LogP) is 3.04. The van der Waals surface area contributed by atoms with Crippen molar-refractivity contribution in [3.8, 4) is 16.9 Å². The van der Waals surface area contributed by atoms with Crippen LogP contribution >= 0.6 is 0 Å². The molecule has 2 aromatic heterocycles. The molecule has 3 aliphatic rings. The number of nitrogens with zero attached hydrogens (tertiary/aromatic N) is 4. The van der Waals surface area contributed by atoms with E-state index in [1.165, 1.54) is 0 Å². The number of hydrogen-bond acceptors (Lipinski definition) is 8. The number of methoxy groups -OCH3 is 1. The maximum absolute atomic E-state index is 12.2. The number of aromatic nitrogens is 4. The van der Waals surface area contributed by atoms with Gasteiger partial charge in [-0.3, -0.25) is 14.3 Å². The molecule has 2 aliphatic carbocycles. The number of nitrogens with two attached hydrogens (primary N) is 1. The molecule has 3 heterocycles. The Kier molecular flexibility index (Phi) is 8.20. The molecule has 0 bridgehead atoms. The van der Waals surface area contributed by atoms with Gasteiger partial charge in [0.2, 0.25) is 5.91 Å². The number of ether oxygens (including phenoxy) is 2. The Morgan fingerprint density at radius 2 is 2.03 bits per heavy atom. The summed E-state index contributed by atoms with van der Waals surface area (Å²) in [5, 5.41) is 18.5. The maximum Gasteiger partial charge on any atom is 0.271 e. The smallest absolute Gasteiger partial charge is 0.271 e. The van der Waals surface area contributed by atoms with Gasteiger partial charge in [-0.1, -0.05) is 12.1 Å². The second-order valence-electron chi connectivity index (χ2n) is 9.91. The number of hydrogen-bond donors (Lipinski definition) is 3. The van der Waals surface area contributed by atoms with Gasteiger partial charge < -0.3 is 25.8 Å². The molecule has 1 aromatic carbocycles. The Balaban J connectivity index is 0.00000294. The molecule has 1 radical (unpaired) electrons. The Morgan fingerprint density at radius 1 is 1.18 bits per heavy atom. The van der Waals surface area contributed by atoms with E-state index >= 15 is 0 Å². The zero-order valence-electron chi connectivity index (χ0n) is 21.6. The van der Waals surface area contributed by atoms with Gasteiger partial charge in [0.05, 0.1) is 36.3 Å². The standard InChI is InChI=1S/C26H29N7O4.Cs/c1-36-23-17(16-13-28-33(14-16)20-8-10-26(20)9-3-11-37-26)4-2-5-18(23)29-19-12-21(30-25(35)15-6-7-15)31-32-22(19)24(27)34;/h2,4-5,12-15,20H,3,6-11H2,1H3,(H2,27,34)(H2,29,30,31,35);. The first kappa shape index (κ1) is 27.6. The topological polar surface area (TPSA) is 146 Å². The number of carbonyl (C=O) groups excluding carboxylic acids is 2. The molecule has 2 saturated carbocycles. The van der Waals surface area contributed by atoms with Crippen molar-refractivity contribution in [2.24, 2.45) is 11.7 Å². The fraction of sp³-hybridized carbons (Fsp3) is 0.423. The molecule has 193 valence electrons. The van der Waals surface area contributed by atoms with Gasteiger partial charge in [0.1, 0.15) is 5.75 Å². The van der Waals surface area contributed by atoms with Crippen molar-refractivity contribution < 1.29 is 19.1 Å². The number of amides is 2. The van der Waals surface area contributed by atoms with Gasteiger partial charge in [0.15, 0.2) is 11.5 Å². The zero-order chi connectivity index (χ0) is 25.6. The van der Waals surface area contributed by atoms with Crippen LogP contribution in [0.5, 0.6) is 5.75 Å². The van der Waals surface area contributed by atoms with Crippen molar-refractivity contribution in [1.82, 2.24) is 20.0 Å². The number of para-hydroxylation sites is 1. The third-order valence-electron chi connectivity index (χ3n) is 7.53. The minimum Gasteiger partial charge on any atom is -0.494 e. The van der Waals surface area contributed by atoms with E-state index in [1.807, 2.05) is 35.3 Å². The van der Waals surface area contributed by atoms with E-state index in [-0.39, 0.29) is 104 Å². The molecule has 4 N–H and O–H groups in total. The molecule has 38 heavy (non-hydrogen) atoms. The molecule has 12 heteroatoms. The number of anilines is 3.